The van der Waals surface area contributed by atoms with E-state index in [2.05, 4.69) is 44.8 Å². The number of nitrogens with one attached hydrogen (secondary N) is 1. The van der Waals surface area contributed by atoms with Crippen LogP contribution in [0.5, 0.6) is 0 Å². The molecule has 18 heavy (non-hydrogen) atoms. The van der Waals surface area contributed by atoms with Crippen molar-refractivity contribution in [2.24, 2.45) is 16.7 Å². The fraction of sp³-hybridized carbons (Fsp3) is 1.00. The second kappa shape index (κ2) is 4.41. The third kappa shape index (κ3) is 1.78. The summed E-state index contributed by atoms with van der Waals surface area (Å²) in [5.74, 6) is 2.33. The van der Waals surface area contributed by atoms with Gasteiger partial charge in [-0.1, -0.05) is 27.7 Å². The average molecular weight is 267 g/mol. The predicted molar refractivity (Wildman–Crippen MR) is 81.1 cm³/mol. The lowest BCUT2D eigenvalue weighted by Gasteiger charge is -2.42. The van der Waals surface area contributed by atoms with Crippen molar-refractivity contribution in [3.05, 3.63) is 0 Å². The second-order valence-electron chi connectivity index (χ2n) is 7.65. The molecule has 2 saturated carbocycles. The van der Waals surface area contributed by atoms with Gasteiger partial charge in [0.15, 0.2) is 0 Å². The summed E-state index contributed by atoms with van der Waals surface area (Å²) in [4.78, 5) is 0. The van der Waals surface area contributed by atoms with Gasteiger partial charge in [-0.3, -0.25) is 0 Å². The maximum absolute atomic E-state index is 4.07. The lowest BCUT2D eigenvalue weighted by atomic mass is 9.69. The van der Waals surface area contributed by atoms with Crippen LogP contribution in [0.1, 0.15) is 59.8 Å². The highest BCUT2D eigenvalue weighted by Crippen LogP contribution is 2.65. The molecule has 1 aliphatic heterocycles. The van der Waals surface area contributed by atoms with Gasteiger partial charge >= 0.3 is 0 Å². The van der Waals surface area contributed by atoms with Crippen LogP contribution in [0.3, 0.4) is 0 Å². The molecule has 0 radical (unpaired) electrons. The predicted octanol–water partition coefficient (Wildman–Crippen LogP) is 4.07. The summed E-state index contributed by atoms with van der Waals surface area (Å²) in [7, 11) is 0. The summed E-state index contributed by atoms with van der Waals surface area (Å²) in [5, 5.41) is 4.88. The molecule has 0 aromatic carbocycles. The van der Waals surface area contributed by atoms with Gasteiger partial charge in [-0.05, 0) is 54.6 Å². The lowest BCUT2D eigenvalue weighted by Crippen LogP contribution is -2.51. The molecule has 0 aromatic heterocycles. The van der Waals surface area contributed by atoms with E-state index in [9.17, 15) is 0 Å². The number of hydrogen-bond donors (Lipinski definition) is 1. The number of hydrogen-bond acceptors (Lipinski definition) is 2. The Labute approximate surface area is 117 Å². The van der Waals surface area contributed by atoms with E-state index >= 15 is 0 Å². The van der Waals surface area contributed by atoms with E-state index in [1.165, 1.54) is 37.9 Å². The minimum absolute atomic E-state index is 0.541. The summed E-state index contributed by atoms with van der Waals surface area (Å²) >= 11 is 2.17. The minimum Gasteiger partial charge on any atom is -0.310 e. The first-order valence-corrected chi connectivity index (χ1v) is 8.88. The zero-order chi connectivity index (χ0) is 13.0. The van der Waals surface area contributed by atoms with Gasteiger partial charge in [0.25, 0.3) is 0 Å². The van der Waals surface area contributed by atoms with Crippen molar-refractivity contribution >= 4 is 11.8 Å². The number of rotatable bonds is 2. The van der Waals surface area contributed by atoms with Gasteiger partial charge in [-0.15, -0.1) is 0 Å². The van der Waals surface area contributed by atoms with Crippen LogP contribution in [-0.2, 0) is 0 Å². The smallest absolute Gasteiger partial charge is 0.0186 e. The molecule has 1 heterocycles. The van der Waals surface area contributed by atoms with Crippen LogP contribution in [-0.4, -0.2) is 23.1 Å². The van der Waals surface area contributed by atoms with Gasteiger partial charge in [0, 0.05) is 17.3 Å². The number of fused-ring (bicyclic) bond motifs is 2. The lowest BCUT2D eigenvalue weighted by molar-refractivity contribution is 0.114. The van der Waals surface area contributed by atoms with E-state index in [4.69, 9.17) is 0 Å². The highest BCUT2D eigenvalue weighted by Gasteiger charge is 2.61. The van der Waals surface area contributed by atoms with E-state index in [1.807, 2.05) is 0 Å². The molecule has 2 heteroatoms. The molecular weight excluding hydrogens is 238 g/mol. The highest BCUT2D eigenvalue weighted by molar-refractivity contribution is 7.99. The normalized spacial score (nSPS) is 50.7. The van der Waals surface area contributed by atoms with Gasteiger partial charge in [0.1, 0.15) is 0 Å². The van der Waals surface area contributed by atoms with Crippen molar-refractivity contribution in [3.63, 3.8) is 0 Å². The van der Waals surface area contributed by atoms with Crippen molar-refractivity contribution in [2.75, 3.05) is 5.75 Å². The third-order valence-corrected chi connectivity index (χ3v) is 8.19. The molecule has 0 aromatic rings. The fourth-order valence-electron chi connectivity index (χ4n) is 4.86. The van der Waals surface area contributed by atoms with Gasteiger partial charge in [0.2, 0.25) is 0 Å². The van der Waals surface area contributed by atoms with Gasteiger partial charge in [-0.25, -0.2) is 0 Å². The molecule has 2 aliphatic carbocycles. The van der Waals surface area contributed by atoms with Crippen molar-refractivity contribution in [1.29, 1.82) is 0 Å². The van der Waals surface area contributed by atoms with Crippen LogP contribution >= 0.6 is 11.8 Å². The molecule has 5 atom stereocenters. The molecule has 5 unspecified atom stereocenters. The van der Waals surface area contributed by atoms with E-state index < -0.39 is 0 Å². The fourth-order valence-corrected chi connectivity index (χ4v) is 6.01. The Hall–Kier alpha value is 0.310. The van der Waals surface area contributed by atoms with Crippen molar-refractivity contribution in [1.82, 2.24) is 5.32 Å². The Kier molecular flexibility index (Phi) is 3.26. The molecule has 1 N–H and O–H groups in total. The van der Waals surface area contributed by atoms with Crippen molar-refractivity contribution < 1.29 is 0 Å². The second-order valence-corrected chi connectivity index (χ2v) is 9.14. The van der Waals surface area contributed by atoms with Gasteiger partial charge in [-0.2, -0.15) is 11.8 Å². The SMILES string of the molecule is CC1SCCCC1NC1CC2CCC1(C)C2(C)C. The Balaban J connectivity index is 1.71. The molecule has 3 aliphatic rings. The maximum atomic E-state index is 4.07. The van der Waals surface area contributed by atoms with E-state index in [0.29, 0.717) is 10.8 Å². The molecular formula is C16H29NS. The number of thioether (sulfide) groups is 1. The standard InChI is InChI=1S/C16H29NS/c1-11-13(6-5-9-18-11)17-14-10-12-7-8-16(14,4)15(12,2)3/h11-14,17H,5-10H2,1-4H3. The first-order chi connectivity index (χ1) is 8.45. The van der Waals surface area contributed by atoms with Crippen LogP contribution in [0.15, 0.2) is 0 Å². The summed E-state index contributed by atoms with van der Waals surface area (Å²) < 4.78 is 0. The zero-order valence-corrected chi connectivity index (χ0v) is 13.3. The van der Waals surface area contributed by atoms with Crippen LogP contribution in [0.2, 0.25) is 0 Å². The molecule has 0 amide bonds. The Morgan fingerprint density at radius 3 is 2.50 bits per heavy atom. The summed E-state index contributed by atoms with van der Waals surface area (Å²) in [6, 6.07) is 1.54. The van der Waals surface area contributed by atoms with Crippen LogP contribution in [0, 0.1) is 16.7 Å². The Morgan fingerprint density at radius 1 is 1.17 bits per heavy atom. The summed E-state index contributed by atoms with van der Waals surface area (Å²) in [5.41, 5.74) is 1.09. The van der Waals surface area contributed by atoms with Gasteiger partial charge in [0.05, 0.1) is 0 Å². The summed E-state index contributed by atoms with van der Waals surface area (Å²) in [6.07, 6.45) is 7.14. The van der Waals surface area contributed by atoms with Crippen LogP contribution in [0.4, 0.5) is 0 Å². The van der Waals surface area contributed by atoms with Crippen molar-refractivity contribution in [3.8, 4) is 0 Å². The van der Waals surface area contributed by atoms with Crippen molar-refractivity contribution in [2.45, 2.75) is 77.1 Å². The van der Waals surface area contributed by atoms with Crippen LogP contribution in [0.25, 0.3) is 0 Å². The topological polar surface area (TPSA) is 12.0 Å². The van der Waals surface area contributed by atoms with Gasteiger partial charge < -0.3 is 5.32 Å². The Morgan fingerprint density at radius 2 is 1.94 bits per heavy atom. The quantitative estimate of drug-likeness (QED) is 0.809. The van der Waals surface area contributed by atoms with Crippen LogP contribution < -0.4 is 5.32 Å². The summed E-state index contributed by atoms with van der Waals surface area (Å²) in [6.45, 7) is 10.0. The maximum Gasteiger partial charge on any atom is 0.0186 e. The molecule has 1 nitrogen and oxygen atoms in total. The Bertz CT molecular complexity index is 327. The molecule has 2 bridgehead atoms. The average Bonchev–Trinajstić information content (AvgIpc) is 2.65. The first kappa shape index (κ1) is 13.3. The molecule has 104 valence electrons. The minimum atomic E-state index is 0.541. The molecule has 0 spiro atoms. The highest BCUT2D eigenvalue weighted by atomic mass is 32.2. The monoisotopic (exact) mass is 267 g/mol. The van der Waals surface area contributed by atoms with E-state index in [0.717, 1.165) is 23.3 Å². The molecule has 3 fully saturated rings. The molecule has 3 rings (SSSR count). The zero-order valence-electron chi connectivity index (χ0n) is 12.5. The molecule has 1 saturated heterocycles. The third-order valence-electron chi connectivity index (χ3n) is 6.82. The van der Waals surface area contributed by atoms with E-state index in [1.54, 1.807) is 0 Å². The largest absolute Gasteiger partial charge is 0.310 e. The first-order valence-electron chi connectivity index (χ1n) is 7.83. The van der Waals surface area contributed by atoms with E-state index in [-0.39, 0.29) is 0 Å².